The first-order valence-corrected chi connectivity index (χ1v) is 14.7. The van der Waals surface area contributed by atoms with Crippen LogP contribution in [0.15, 0.2) is 59.1 Å². The fraction of sp³-hybridized carbons (Fsp3) is 0.261. The van der Waals surface area contributed by atoms with Crippen molar-refractivity contribution in [3.05, 3.63) is 66.0 Å². The fourth-order valence-corrected chi connectivity index (χ4v) is 5.99. The Morgan fingerprint density at radius 3 is 2.74 bits per heavy atom. The predicted molar refractivity (Wildman–Crippen MR) is 142 cm³/mol. The first-order chi connectivity index (χ1) is 18.2. The molecule has 15 heteroatoms. The zero-order valence-corrected chi connectivity index (χ0v) is 22.6. The first-order valence-electron chi connectivity index (χ1n) is 11.2. The summed E-state index contributed by atoms with van der Waals surface area (Å²) in [4.78, 5) is 28.7. The maximum Gasteiger partial charge on any atom is 0.329 e. The molecule has 0 unspecified atom stereocenters. The van der Waals surface area contributed by atoms with Crippen LogP contribution in [0, 0.1) is 0 Å². The van der Waals surface area contributed by atoms with E-state index in [1.807, 2.05) is 30.3 Å². The van der Waals surface area contributed by atoms with Crippen LogP contribution in [0.3, 0.4) is 0 Å². The van der Waals surface area contributed by atoms with Crippen molar-refractivity contribution < 1.29 is 27.5 Å². The summed E-state index contributed by atoms with van der Waals surface area (Å²) in [5.74, 6) is 0.579. The van der Waals surface area contributed by atoms with E-state index in [0.717, 1.165) is 16.9 Å². The molecular formula is C23H24N6O6S3. The Morgan fingerprint density at radius 2 is 2.00 bits per heavy atom. The number of carbonyl (C=O) groups excluding carboxylic acids is 2. The molecule has 4 rings (SSSR count). The lowest BCUT2D eigenvalue weighted by atomic mass is 10.2. The minimum atomic E-state index is -3.88. The standard InChI is InChI=1S/C23H24N6O6S3/c1-34-22(31)19(14-36-13-15-5-3-2-4-6-15)25-21(30)11-29-10-16(27-28-29)12-35-17-7-8-18-20(9-17)37-23(26-18)38(24,32)33/h2-10,19H,11-14H2,1H3,(H,25,30)(H2,24,32,33)/t19-/m0/s1. The average Bonchev–Trinajstić information content (AvgIpc) is 3.53. The van der Waals surface area contributed by atoms with E-state index < -0.39 is 27.9 Å². The summed E-state index contributed by atoms with van der Waals surface area (Å²) in [5.41, 5.74) is 2.08. The Hall–Kier alpha value is -3.53. The second-order valence-electron chi connectivity index (χ2n) is 7.99. The molecule has 0 aliphatic heterocycles. The van der Waals surface area contributed by atoms with Gasteiger partial charge in [0.2, 0.25) is 10.2 Å². The number of esters is 1. The Bertz CT molecular complexity index is 1520. The first kappa shape index (κ1) is 27.5. The number of nitrogens with zero attached hydrogens (tertiary/aromatic N) is 4. The number of thioether (sulfide) groups is 1. The molecule has 0 aliphatic rings. The maximum absolute atomic E-state index is 12.6. The summed E-state index contributed by atoms with van der Waals surface area (Å²) in [6, 6.07) is 13.9. The van der Waals surface area contributed by atoms with Crippen molar-refractivity contribution >= 4 is 55.2 Å². The number of hydrogen-bond acceptors (Lipinski definition) is 11. The van der Waals surface area contributed by atoms with Crippen molar-refractivity contribution in [2.75, 3.05) is 12.9 Å². The molecule has 3 N–H and O–H groups in total. The molecule has 0 saturated carbocycles. The van der Waals surface area contributed by atoms with Crippen molar-refractivity contribution in [2.45, 2.75) is 29.3 Å². The molecule has 0 radical (unpaired) electrons. The van der Waals surface area contributed by atoms with Crippen molar-refractivity contribution in [2.24, 2.45) is 5.14 Å². The molecule has 2 heterocycles. The van der Waals surface area contributed by atoms with E-state index in [1.165, 1.54) is 23.6 Å². The Labute approximate surface area is 226 Å². The van der Waals surface area contributed by atoms with Crippen LogP contribution in [0.5, 0.6) is 5.75 Å². The SMILES string of the molecule is COC(=O)[C@H](CSCc1ccccc1)NC(=O)Cn1cc(COc2ccc3nc(S(N)(=O)=O)sc3c2)nn1. The van der Waals surface area contributed by atoms with Gasteiger partial charge in [-0.2, -0.15) is 11.8 Å². The van der Waals surface area contributed by atoms with Crippen LogP contribution in [-0.2, 0) is 43.3 Å². The molecule has 0 fully saturated rings. The van der Waals surface area contributed by atoms with Crippen LogP contribution < -0.4 is 15.2 Å². The lowest BCUT2D eigenvalue weighted by molar-refractivity contribution is -0.144. The number of nitrogens with two attached hydrogens (primary N) is 1. The van der Waals surface area contributed by atoms with Crippen LogP contribution in [-0.4, -0.2) is 59.2 Å². The molecule has 200 valence electrons. The van der Waals surface area contributed by atoms with Gasteiger partial charge in [0.05, 0.1) is 23.5 Å². The summed E-state index contributed by atoms with van der Waals surface area (Å²) < 4.78 is 35.3. The second-order valence-corrected chi connectivity index (χ2v) is 11.8. The van der Waals surface area contributed by atoms with Gasteiger partial charge in [0.1, 0.15) is 30.6 Å². The highest BCUT2D eigenvalue weighted by Gasteiger charge is 2.22. The third-order valence-electron chi connectivity index (χ3n) is 5.08. The molecule has 1 atom stereocenters. The van der Waals surface area contributed by atoms with E-state index >= 15 is 0 Å². The van der Waals surface area contributed by atoms with Crippen LogP contribution in [0.4, 0.5) is 0 Å². The molecule has 0 spiro atoms. The molecule has 0 bridgehead atoms. The molecule has 2 aromatic carbocycles. The van der Waals surface area contributed by atoms with Crippen molar-refractivity contribution in [3.63, 3.8) is 0 Å². The van der Waals surface area contributed by atoms with Crippen molar-refractivity contribution in [3.8, 4) is 5.75 Å². The number of nitrogens with one attached hydrogen (secondary N) is 1. The van der Waals surface area contributed by atoms with Gasteiger partial charge >= 0.3 is 5.97 Å². The van der Waals surface area contributed by atoms with Gasteiger partial charge in [-0.05, 0) is 23.8 Å². The average molecular weight is 577 g/mol. The molecule has 12 nitrogen and oxygen atoms in total. The zero-order valence-electron chi connectivity index (χ0n) is 20.1. The summed E-state index contributed by atoms with van der Waals surface area (Å²) in [6.07, 6.45) is 1.56. The molecule has 0 aliphatic carbocycles. The minimum absolute atomic E-state index is 0.0644. The number of sulfonamides is 1. The van der Waals surface area contributed by atoms with E-state index in [1.54, 1.807) is 24.4 Å². The van der Waals surface area contributed by atoms with Crippen molar-refractivity contribution in [1.29, 1.82) is 0 Å². The topological polar surface area (TPSA) is 168 Å². The van der Waals surface area contributed by atoms with Gasteiger partial charge in [0.25, 0.3) is 10.0 Å². The number of hydrogen-bond donors (Lipinski definition) is 2. The summed E-state index contributed by atoms with van der Waals surface area (Å²) in [7, 11) is -2.61. The summed E-state index contributed by atoms with van der Waals surface area (Å²) in [6.45, 7) is -0.0815. The zero-order chi connectivity index (χ0) is 27.1. The number of rotatable bonds is 12. The maximum atomic E-state index is 12.6. The largest absolute Gasteiger partial charge is 0.487 e. The van der Waals surface area contributed by atoms with Gasteiger partial charge in [-0.3, -0.25) is 4.79 Å². The Balaban J connectivity index is 1.29. The number of amides is 1. The van der Waals surface area contributed by atoms with Gasteiger partial charge in [-0.25, -0.2) is 28.0 Å². The smallest absolute Gasteiger partial charge is 0.329 e. The lowest BCUT2D eigenvalue weighted by Crippen LogP contribution is -2.44. The number of aromatic nitrogens is 4. The van der Waals surface area contributed by atoms with Gasteiger partial charge in [0.15, 0.2) is 0 Å². The molecule has 4 aromatic rings. The third kappa shape index (κ3) is 7.50. The monoisotopic (exact) mass is 576 g/mol. The number of methoxy groups -OCH3 is 1. The number of carbonyl (C=O) groups is 2. The van der Waals surface area contributed by atoms with Crippen LogP contribution in [0.1, 0.15) is 11.3 Å². The fourth-order valence-electron chi connectivity index (χ4n) is 3.30. The number of ether oxygens (including phenoxy) is 2. The Morgan fingerprint density at radius 1 is 1.21 bits per heavy atom. The quantitative estimate of drug-likeness (QED) is 0.237. The number of benzene rings is 2. The van der Waals surface area contributed by atoms with Crippen LogP contribution in [0.2, 0.25) is 0 Å². The minimum Gasteiger partial charge on any atom is -0.487 e. The van der Waals surface area contributed by atoms with Gasteiger partial charge in [-0.1, -0.05) is 35.5 Å². The molecule has 38 heavy (non-hydrogen) atoms. The Kier molecular flexibility index (Phi) is 8.93. The summed E-state index contributed by atoms with van der Waals surface area (Å²) in [5, 5.41) is 15.8. The second kappa shape index (κ2) is 12.3. The highest BCUT2D eigenvalue weighted by Crippen LogP contribution is 2.28. The van der Waals surface area contributed by atoms with Crippen LogP contribution >= 0.6 is 23.1 Å². The molecule has 2 aromatic heterocycles. The normalized spacial score (nSPS) is 12.3. The van der Waals surface area contributed by atoms with E-state index in [2.05, 4.69) is 20.6 Å². The molecule has 0 saturated heterocycles. The van der Waals surface area contributed by atoms with Gasteiger partial charge < -0.3 is 14.8 Å². The highest BCUT2D eigenvalue weighted by atomic mass is 32.2. The highest BCUT2D eigenvalue weighted by molar-refractivity contribution is 7.98. The summed E-state index contributed by atoms with van der Waals surface area (Å²) >= 11 is 2.46. The lowest BCUT2D eigenvalue weighted by Gasteiger charge is -2.16. The third-order valence-corrected chi connectivity index (χ3v) is 8.52. The van der Waals surface area contributed by atoms with Crippen LogP contribution in [0.25, 0.3) is 10.2 Å². The van der Waals surface area contributed by atoms with Gasteiger partial charge in [-0.15, -0.1) is 16.4 Å². The predicted octanol–water partition coefficient (Wildman–Crippen LogP) is 1.71. The van der Waals surface area contributed by atoms with Gasteiger partial charge in [0, 0.05) is 11.5 Å². The molecular weight excluding hydrogens is 552 g/mol. The van der Waals surface area contributed by atoms with E-state index in [4.69, 9.17) is 14.6 Å². The van der Waals surface area contributed by atoms with Crippen molar-refractivity contribution in [1.82, 2.24) is 25.3 Å². The van der Waals surface area contributed by atoms with E-state index in [9.17, 15) is 18.0 Å². The number of thiazole rings is 1. The van der Waals surface area contributed by atoms with E-state index in [0.29, 0.717) is 33.2 Å². The number of fused-ring (bicyclic) bond motifs is 1. The number of primary sulfonamides is 1. The van der Waals surface area contributed by atoms with E-state index in [-0.39, 0.29) is 17.5 Å². The molecule has 1 amide bonds.